The Hall–Kier alpha value is -2.96. The zero-order valence-corrected chi connectivity index (χ0v) is 13.4. The van der Waals surface area contributed by atoms with Crippen molar-refractivity contribution < 1.29 is 4.79 Å². The van der Waals surface area contributed by atoms with Crippen LogP contribution >= 0.6 is 0 Å². The standard InChI is InChI=1S/C17H18N6O/c1-13-16-19-11-14(12-21-8-4-7-20-21)23(16)10-9-22(13)17(24)15-5-2-3-6-18-15/h2-8,11,13H,9-10,12H2,1H3. The maximum absolute atomic E-state index is 12.7. The van der Waals surface area contributed by atoms with Crippen LogP contribution in [0.25, 0.3) is 0 Å². The van der Waals surface area contributed by atoms with E-state index in [1.54, 1.807) is 18.5 Å². The molecular weight excluding hydrogens is 304 g/mol. The fourth-order valence-corrected chi connectivity index (χ4v) is 3.16. The molecule has 0 N–H and O–H groups in total. The Kier molecular flexibility index (Phi) is 3.60. The van der Waals surface area contributed by atoms with Crippen molar-refractivity contribution in [2.45, 2.75) is 26.1 Å². The van der Waals surface area contributed by atoms with Gasteiger partial charge in [-0.2, -0.15) is 5.10 Å². The number of hydrogen-bond donors (Lipinski definition) is 0. The molecule has 1 amide bonds. The number of rotatable bonds is 3. The van der Waals surface area contributed by atoms with Crippen molar-refractivity contribution in [3.63, 3.8) is 0 Å². The molecule has 0 radical (unpaired) electrons. The molecule has 4 heterocycles. The van der Waals surface area contributed by atoms with Gasteiger partial charge in [-0.25, -0.2) is 4.98 Å². The Morgan fingerprint density at radius 3 is 2.88 bits per heavy atom. The average Bonchev–Trinajstić information content (AvgIpc) is 3.27. The predicted molar refractivity (Wildman–Crippen MR) is 87.2 cm³/mol. The van der Waals surface area contributed by atoms with Gasteiger partial charge in [-0.05, 0) is 25.1 Å². The van der Waals surface area contributed by atoms with Gasteiger partial charge in [-0.3, -0.25) is 14.5 Å². The molecule has 0 saturated heterocycles. The predicted octanol–water partition coefficient (Wildman–Crippen LogP) is 1.74. The lowest BCUT2D eigenvalue weighted by Crippen LogP contribution is -2.41. The minimum Gasteiger partial charge on any atom is -0.327 e. The van der Waals surface area contributed by atoms with Crippen molar-refractivity contribution in [1.82, 2.24) is 29.2 Å². The summed E-state index contributed by atoms with van der Waals surface area (Å²) in [5.41, 5.74) is 1.58. The Labute approximate surface area is 139 Å². The summed E-state index contributed by atoms with van der Waals surface area (Å²) >= 11 is 0. The van der Waals surface area contributed by atoms with Crippen LogP contribution in [-0.2, 0) is 13.1 Å². The van der Waals surface area contributed by atoms with Crippen molar-refractivity contribution in [2.75, 3.05) is 6.54 Å². The highest BCUT2D eigenvalue weighted by Crippen LogP contribution is 2.26. The summed E-state index contributed by atoms with van der Waals surface area (Å²) < 4.78 is 4.06. The first-order chi connectivity index (χ1) is 11.7. The molecule has 1 atom stereocenters. The first kappa shape index (κ1) is 14.6. The summed E-state index contributed by atoms with van der Waals surface area (Å²) in [6, 6.07) is 7.21. The maximum atomic E-state index is 12.7. The highest BCUT2D eigenvalue weighted by molar-refractivity contribution is 5.92. The number of fused-ring (bicyclic) bond motifs is 1. The van der Waals surface area contributed by atoms with Gasteiger partial charge in [0.2, 0.25) is 0 Å². The average molecular weight is 322 g/mol. The van der Waals surface area contributed by atoms with E-state index in [1.165, 1.54) is 0 Å². The number of carbonyl (C=O) groups excluding carboxylic acids is 1. The first-order valence-corrected chi connectivity index (χ1v) is 7.98. The first-order valence-electron chi connectivity index (χ1n) is 7.98. The number of imidazole rings is 1. The van der Waals surface area contributed by atoms with Crippen molar-refractivity contribution in [1.29, 1.82) is 0 Å². The molecule has 4 rings (SSSR count). The van der Waals surface area contributed by atoms with Gasteiger partial charge in [-0.1, -0.05) is 6.07 Å². The molecule has 0 aliphatic carbocycles. The van der Waals surface area contributed by atoms with Gasteiger partial charge in [0.1, 0.15) is 11.5 Å². The smallest absolute Gasteiger partial charge is 0.273 e. The quantitative estimate of drug-likeness (QED) is 0.736. The van der Waals surface area contributed by atoms with Gasteiger partial charge < -0.3 is 9.47 Å². The molecule has 0 spiro atoms. The van der Waals surface area contributed by atoms with Gasteiger partial charge in [0.15, 0.2) is 0 Å². The molecule has 1 aliphatic heterocycles. The lowest BCUT2D eigenvalue weighted by atomic mass is 10.2. The third-order valence-corrected chi connectivity index (χ3v) is 4.40. The fraction of sp³-hybridized carbons (Fsp3) is 0.294. The van der Waals surface area contributed by atoms with Gasteiger partial charge in [0, 0.05) is 31.7 Å². The molecule has 3 aromatic rings. The van der Waals surface area contributed by atoms with Crippen LogP contribution in [0.2, 0.25) is 0 Å². The molecule has 0 fully saturated rings. The largest absolute Gasteiger partial charge is 0.327 e. The fourth-order valence-electron chi connectivity index (χ4n) is 3.16. The summed E-state index contributed by atoms with van der Waals surface area (Å²) in [6.07, 6.45) is 7.22. The van der Waals surface area contributed by atoms with Crippen LogP contribution in [0.1, 0.15) is 35.0 Å². The molecule has 1 aliphatic rings. The van der Waals surface area contributed by atoms with Crippen molar-refractivity contribution in [3.05, 3.63) is 66.3 Å². The number of aromatic nitrogens is 5. The van der Waals surface area contributed by atoms with Crippen LogP contribution < -0.4 is 0 Å². The highest BCUT2D eigenvalue weighted by Gasteiger charge is 2.31. The Bertz CT molecular complexity index is 839. The second-order valence-electron chi connectivity index (χ2n) is 5.85. The van der Waals surface area contributed by atoms with Crippen LogP contribution in [0.5, 0.6) is 0 Å². The summed E-state index contributed by atoms with van der Waals surface area (Å²) in [5.74, 6) is 0.860. The number of carbonyl (C=O) groups is 1. The Balaban J connectivity index is 1.58. The minimum absolute atomic E-state index is 0.0500. The van der Waals surface area contributed by atoms with E-state index in [0.717, 1.165) is 18.1 Å². The topological polar surface area (TPSA) is 68.8 Å². The SMILES string of the molecule is CC1c2ncc(Cn3cccn3)n2CCN1C(=O)c1ccccn1. The lowest BCUT2D eigenvalue weighted by molar-refractivity contribution is 0.0630. The van der Waals surface area contributed by atoms with E-state index in [4.69, 9.17) is 0 Å². The number of pyridine rings is 1. The second kappa shape index (κ2) is 5.92. The van der Waals surface area contributed by atoms with Crippen LogP contribution in [0.3, 0.4) is 0 Å². The number of nitrogens with zero attached hydrogens (tertiary/aromatic N) is 6. The van der Waals surface area contributed by atoms with Crippen LogP contribution in [-0.4, -0.2) is 41.7 Å². The summed E-state index contributed by atoms with van der Waals surface area (Å²) in [6.45, 7) is 4.07. The molecule has 1 unspecified atom stereocenters. The van der Waals surface area contributed by atoms with E-state index in [9.17, 15) is 4.79 Å². The Morgan fingerprint density at radius 1 is 1.21 bits per heavy atom. The van der Waals surface area contributed by atoms with E-state index in [-0.39, 0.29) is 11.9 Å². The van der Waals surface area contributed by atoms with E-state index in [2.05, 4.69) is 19.6 Å². The maximum Gasteiger partial charge on any atom is 0.273 e. The van der Waals surface area contributed by atoms with Crippen LogP contribution in [0, 0.1) is 0 Å². The third kappa shape index (κ3) is 2.47. The van der Waals surface area contributed by atoms with Crippen molar-refractivity contribution >= 4 is 5.91 Å². The molecule has 7 heteroatoms. The summed E-state index contributed by atoms with van der Waals surface area (Å²) in [4.78, 5) is 23.3. The summed E-state index contributed by atoms with van der Waals surface area (Å²) in [7, 11) is 0. The molecule has 0 bridgehead atoms. The number of hydrogen-bond acceptors (Lipinski definition) is 4. The monoisotopic (exact) mass is 322 g/mol. The van der Waals surface area contributed by atoms with Gasteiger partial charge >= 0.3 is 0 Å². The zero-order chi connectivity index (χ0) is 16.5. The normalized spacial score (nSPS) is 16.9. The molecule has 7 nitrogen and oxygen atoms in total. The zero-order valence-electron chi connectivity index (χ0n) is 13.4. The molecule has 24 heavy (non-hydrogen) atoms. The molecule has 122 valence electrons. The van der Waals surface area contributed by atoms with Gasteiger partial charge in [0.05, 0.1) is 24.5 Å². The molecule has 0 saturated carbocycles. The van der Waals surface area contributed by atoms with Crippen molar-refractivity contribution in [2.24, 2.45) is 0 Å². The van der Waals surface area contributed by atoms with Gasteiger partial charge in [0.25, 0.3) is 5.91 Å². The highest BCUT2D eigenvalue weighted by atomic mass is 16.2. The minimum atomic E-state index is -0.0837. The Morgan fingerprint density at radius 2 is 2.12 bits per heavy atom. The second-order valence-corrected chi connectivity index (χ2v) is 5.85. The van der Waals surface area contributed by atoms with Gasteiger partial charge in [-0.15, -0.1) is 0 Å². The van der Waals surface area contributed by atoms with E-state index in [1.807, 2.05) is 47.1 Å². The van der Waals surface area contributed by atoms with Crippen LogP contribution in [0.4, 0.5) is 0 Å². The van der Waals surface area contributed by atoms with E-state index < -0.39 is 0 Å². The molecule has 0 aromatic carbocycles. The molecular formula is C17H18N6O. The lowest BCUT2D eigenvalue weighted by Gasteiger charge is -2.34. The van der Waals surface area contributed by atoms with E-state index >= 15 is 0 Å². The van der Waals surface area contributed by atoms with E-state index in [0.29, 0.717) is 18.8 Å². The third-order valence-electron chi connectivity index (χ3n) is 4.40. The summed E-state index contributed by atoms with van der Waals surface area (Å²) in [5, 5.41) is 4.24. The van der Waals surface area contributed by atoms with Crippen molar-refractivity contribution in [3.8, 4) is 0 Å². The number of amides is 1. The molecule has 3 aromatic heterocycles. The van der Waals surface area contributed by atoms with Crippen LogP contribution in [0.15, 0.2) is 49.1 Å².